The minimum absolute atomic E-state index is 0.00870. The molecule has 158 valence electrons. The molecule has 1 aromatic carbocycles. The molecule has 5 nitrogen and oxygen atoms in total. The highest BCUT2D eigenvalue weighted by Crippen LogP contribution is 2.37. The predicted molar refractivity (Wildman–Crippen MR) is 98.8 cm³/mol. The second-order valence-electron chi connectivity index (χ2n) is 6.87. The molecule has 0 aromatic heterocycles. The highest BCUT2D eigenvalue weighted by Gasteiger charge is 2.41. The quantitative estimate of drug-likeness (QED) is 0.370. The Bertz CT molecular complexity index is 615. The fourth-order valence-electron chi connectivity index (χ4n) is 3.05. The average molecular weight is 405 g/mol. The monoisotopic (exact) mass is 405 g/mol. The Morgan fingerprint density at radius 2 is 1.86 bits per heavy atom. The predicted octanol–water partition coefficient (Wildman–Crippen LogP) is 3.24. The first kappa shape index (κ1) is 22.3. The lowest BCUT2D eigenvalue weighted by molar-refractivity contribution is -0.182. The van der Waals surface area contributed by atoms with Crippen LogP contribution in [0.4, 0.5) is 17.6 Å². The van der Waals surface area contributed by atoms with Crippen molar-refractivity contribution in [1.29, 1.82) is 0 Å². The van der Waals surface area contributed by atoms with E-state index in [1.54, 1.807) is 0 Å². The Kier molecular flexibility index (Phi) is 8.35. The number of alkyl halides is 3. The van der Waals surface area contributed by atoms with Crippen molar-refractivity contribution in [1.82, 2.24) is 10.6 Å². The molecule has 1 unspecified atom stereocenters. The summed E-state index contributed by atoms with van der Waals surface area (Å²) in [5.41, 5.74) is 0. The Morgan fingerprint density at radius 1 is 1.21 bits per heavy atom. The second-order valence-corrected chi connectivity index (χ2v) is 6.87. The van der Waals surface area contributed by atoms with Crippen LogP contribution in [0, 0.1) is 11.7 Å². The summed E-state index contributed by atoms with van der Waals surface area (Å²) in [6.45, 7) is 2.53. The lowest BCUT2D eigenvalue weighted by atomic mass is 9.85. The number of aliphatic imine (C=N–C) groups is 1. The van der Waals surface area contributed by atoms with Crippen LogP contribution in [0.15, 0.2) is 29.3 Å². The van der Waals surface area contributed by atoms with Crippen LogP contribution in [-0.4, -0.2) is 49.1 Å². The number of halogens is 4. The number of nitrogens with zero attached hydrogens (tertiary/aromatic N) is 1. The lowest BCUT2D eigenvalue weighted by Crippen LogP contribution is -2.46. The van der Waals surface area contributed by atoms with Gasteiger partial charge in [-0.2, -0.15) is 13.2 Å². The third-order valence-corrected chi connectivity index (χ3v) is 4.59. The van der Waals surface area contributed by atoms with Crippen molar-refractivity contribution in [3.8, 4) is 5.75 Å². The number of aliphatic hydroxyl groups is 1. The summed E-state index contributed by atoms with van der Waals surface area (Å²) in [5.74, 6) is -0.701. The zero-order valence-corrected chi connectivity index (χ0v) is 15.8. The summed E-state index contributed by atoms with van der Waals surface area (Å²) in [4.78, 5) is 4.28. The van der Waals surface area contributed by atoms with Gasteiger partial charge in [0.2, 0.25) is 0 Å². The molecule has 0 amide bonds. The molecule has 1 aliphatic carbocycles. The number of guanidine groups is 1. The standard InChI is InChI=1S/C19H27F4N3O2/c1-2-24-18(26-15-7-3-13(4-8-15)19(21,22)23)25-11-16(27)12-28-17-9-5-14(20)6-10-17/h5-6,9-10,13,15-16,27H,2-4,7-8,11-12H2,1H3,(H2,24,25,26). The van der Waals surface area contributed by atoms with E-state index in [0.717, 1.165) is 0 Å². The van der Waals surface area contributed by atoms with Crippen molar-refractivity contribution in [2.75, 3.05) is 19.7 Å². The Hall–Kier alpha value is -2.03. The zero-order valence-electron chi connectivity index (χ0n) is 15.8. The lowest BCUT2D eigenvalue weighted by Gasteiger charge is -2.31. The molecule has 1 saturated carbocycles. The third-order valence-electron chi connectivity index (χ3n) is 4.59. The molecule has 1 fully saturated rings. The van der Waals surface area contributed by atoms with Gasteiger partial charge in [-0.1, -0.05) is 0 Å². The maximum absolute atomic E-state index is 12.8. The van der Waals surface area contributed by atoms with E-state index in [4.69, 9.17) is 4.74 Å². The van der Waals surface area contributed by atoms with Gasteiger partial charge in [0, 0.05) is 12.6 Å². The van der Waals surface area contributed by atoms with Crippen LogP contribution in [0.2, 0.25) is 0 Å². The number of hydrogen-bond acceptors (Lipinski definition) is 3. The van der Waals surface area contributed by atoms with Gasteiger partial charge >= 0.3 is 6.18 Å². The van der Waals surface area contributed by atoms with E-state index < -0.39 is 18.2 Å². The zero-order chi connectivity index (χ0) is 20.6. The van der Waals surface area contributed by atoms with Gasteiger partial charge < -0.3 is 20.5 Å². The van der Waals surface area contributed by atoms with Gasteiger partial charge in [-0.25, -0.2) is 4.39 Å². The second kappa shape index (κ2) is 10.5. The van der Waals surface area contributed by atoms with Crippen LogP contribution in [0.1, 0.15) is 32.6 Å². The molecule has 0 spiro atoms. The van der Waals surface area contributed by atoms with Crippen LogP contribution in [0.5, 0.6) is 5.75 Å². The number of ether oxygens (including phenoxy) is 1. The van der Waals surface area contributed by atoms with Gasteiger partial charge in [0.25, 0.3) is 0 Å². The fourth-order valence-corrected chi connectivity index (χ4v) is 3.05. The van der Waals surface area contributed by atoms with E-state index in [9.17, 15) is 22.7 Å². The largest absolute Gasteiger partial charge is 0.491 e. The highest BCUT2D eigenvalue weighted by atomic mass is 19.4. The van der Waals surface area contributed by atoms with Crippen molar-refractivity contribution < 1.29 is 27.4 Å². The number of rotatable bonds is 7. The minimum atomic E-state index is -4.13. The highest BCUT2D eigenvalue weighted by molar-refractivity contribution is 5.80. The molecule has 0 heterocycles. The molecule has 9 heteroatoms. The molecule has 2 rings (SSSR count). The molecule has 0 saturated heterocycles. The molecule has 1 aliphatic rings. The summed E-state index contributed by atoms with van der Waals surface area (Å²) in [6, 6.07) is 5.38. The van der Waals surface area contributed by atoms with Gasteiger partial charge in [0.05, 0.1) is 12.5 Å². The van der Waals surface area contributed by atoms with Crippen LogP contribution in [-0.2, 0) is 0 Å². The number of benzene rings is 1. The Labute approximate surface area is 162 Å². The smallest absolute Gasteiger partial charge is 0.391 e. The summed E-state index contributed by atoms with van der Waals surface area (Å²) in [6.07, 6.45) is -3.95. The van der Waals surface area contributed by atoms with Crippen LogP contribution in [0.3, 0.4) is 0 Å². The van der Waals surface area contributed by atoms with Crippen LogP contribution < -0.4 is 15.4 Å². The van der Waals surface area contributed by atoms with E-state index in [2.05, 4.69) is 15.6 Å². The summed E-state index contributed by atoms with van der Waals surface area (Å²) >= 11 is 0. The molecule has 1 atom stereocenters. The third kappa shape index (κ3) is 7.53. The number of hydrogen-bond donors (Lipinski definition) is 3. The first-order chi connectivity index (χ1) is 13.3. The molecule has 1 aromatic rings. The summed E-state index contributed by atoms with van der Waals surface area (Å²) in [5, 5.41) is 16.2. The van der Waals surface area contributed by atoms with Crippen molar-refractivity contribution >= 4 is 5.96 Å². The van der Waals surface area contributed by atoms with Gasteiger partial charge in [-0.15, -0.1) is 0 Å². The maximum Gasteiger partial charge on any atom is 0.391 e. The molecule has 0 aliphatic heterocycles. The van der Waals surface area contributed by atoms with E-state index in [-0.39, 0.29) is 37.9 Å². The van der Waals surface area contributed by atoms with Gasteiger partial charge in [-0.05, 0) is 56.9 Å². The molecule has 28 heavy (non-hydrogen) atoms. The first-order valence-electron chi connectivity index (χ1n) is 9.46. The van der Waals surface area contributed by atoms with E-state index in [1.807, 2.05) is 6.92 Å². The Morgan fingerprint density at radius 3 is 2.43 bits per heavy atom. The fraction of sp³-hybridized carbons (Fsp3) is 0.632. The first-order valence-corrected chi connectivity index (χ1v) is 9.46. The van der Waals surface area contributed by atoms with Crippen molar-refractivity contribution in [2.45, 2.75) is 50.9 Å². The van der Waals surface area contributed by atoms with E-state index >= 15 is 0 Å². The van der Waals surface area contributed by atoms with Gasteiger partial charge in [0.1, 0.15) is 24.3 Å². The van der Waals surface area contributed by atoms with E-state index in [0.29, 0.717) is 31.1 Å². The van der Waals surface area contributed by atoms with Crippen molar-refractivity contribution in [3.63, 3.8) is 0 Å². The van der Waals surface area contributed by atoms with Crippen molar-refractivity contribution in [3.05, 3.63) is 30.1 Å². The van der Waals surface area contributed by atoms with Gasteiger partial charge in [0.15, 0.2) is 5.96 Å². The van der Waals surface area contributed by atoms with Crippen LogP contribution in [0.25, 0.3) is 0 Å². The minimum Gasteiger partial charge on any atom is -0.491 e. The molecular formula is C19H27F4N3O2. The molecule has 0 bridgehead atoms. The number of nitrogens with one attached hydrogen (secondary N) is 2. The SMILES string of the molecule is CCNC(=NCC(O)COc1ccc(F)cc1)NC1CCC(C(F)(F)F)CC1. The Balaban J connectivity index is 1.78. The molecule has 0 radical (unpaired) electrons. The molecular weight excluding hydrogens is 378 g/mol. The molecule has 3 N–H and O–H groups in total. The summed E-state index contributed by atoms with van der Waals surface area (Å²) in [7, 11) is 0. The summed E-state index contributed by atoms with van der Waals surface area (Å²) < 4.78 is 56.5. The van der Waals surface area contributed by atoms with Crippen molar-refractivity contribution in [2.24, 2.45) is 10.9 Å². The van der Waals surface area contributed by atoms with E-state index in [1.165, 1.54) is 24.3 Å². The normalized spacial score (nSPS) is 21.9. The number of aliphatic hydroxyl groups excluding tert-OH is 1. The maximum atomic E-state index is 12.8. The van der Waals surface area contributed by atoms with Gasteiger partial charge in [-0.3, -0.25) is 4.99 Å². The topological polar surface area (TPSA) is 65.9 Å². The van der Waals surface area contributed by atoms with Crippen LogP contribution >= 0.6 is 0 Å². The average Bonchev–Trinajstić information content (AvgIpc) is 2.65.